The van der Waals surface area contributed by atoms with Gasteiger partial charge in [-0.1, -0.05) is 22.8 Å². The van der Waals surface area contributed by atoms with Crippen LogP contribution in [0.5, 0.6) is 0 Å². The van der Waals surface area contributed by atoms with Gasteiger partial charge >= 0.3 is 6.18 Å². The van der Waals surface area contributed by atoms with Gasteiger partial charge < -0.3 is 9.84 Å². The number of hydrogen-bond acceptors (Lipinski definition) is 5. The molecule has 2 heterocycles. The van der Waals surface area contributed by atoms with Gasteiger partial charge in [0.2, 0.25) is 0 Å². The van der Waals surface area contributed by atoms with Crippen LogP contribution in [-0.4, -0.2) is 41.7 Å². The second-order valence-electron chi connectivity index (χ2n) is 5.76. The maximum Gasteiger partial charge on any atom is 0.417 e. The van der Waals surface area contributed by atoms with Crippen molar-refractivity contribution in [1.29, 1.82) is 0 Å². The fraction of sp³-hybridized carbons (Fsp3) is 0.375. The largest absolute Gasteiger partial charge is 0.417 e. The maximum atomic E-state index is 12.9. The molecule has 1 aromatic carbocycles. The van der Waals surface area contributed by atoms with Crippen LogP contribution in [0, 0.1) is 0 Å². The molecule has 1 aliphatic heterocycles. The Morgan fingerprint density at radius 1 is 1.35 bits per heavy atom. The molecule has 1 fully saturated rings. The van der Waals surface area contributed by atoms with Crippen LogP contribution in [0.25, 0.3) is 12.2 Å². The molecule has 1 unspecified atom stereocenters. The van der Waals surface area contributed by atoms with E-state index in [4.69, 9.17) is 16.1 Å². The minimum Gasteiger partial charge on any atom is -0.335 e. The molecule has 1 saturated heterocycles. The van der Waals surface area contributed by atoms with Crippen LogP contribution in [0.3, 0.4) is 0 Å². The first-order chi connectivity index (χ1) is 11.8. The number of alkyl halides is 3. The molecule has 10 heteroatoms. The normalized spacial score (nSPS) is 18.9. The lowest BCUT2D eigenvalue weighted by Gasteiger charge is -2.30. The van der Waals surface area contributed by atoms with Gasteiger partial charge in [0.05, 0.1) is 16.6 Å². The summed E-state index contributed by atoms with van der Waals surface area (Å²) in [5.41, 5.74) is -0.537. The summed E-state index contributed by atoms with van der Waals surface area (Å²) < 4.78 is 43.8. The van der Waals surface area contributed by atoms with Crippen molar-refractivity contribution in [3.63, 3.8) is 0 Å². The topological polar surface area (TPSA) is 54.2 Å². The Morgan fingerprint density at radius 2 is 2.12 bits per heavy atom. The molecule has 1 N–H and O–H groups in total. The number of piperazine rings is 1. The van der Waals surface area contributed by atoms with E-state index in [0.29, 0.717) is 17.9 Å². The number of halogens is 5. The minimum absolute atomic E-state index is 0. The Balaban J connectivity index is 0.00000243. The highest BCUT2D eigenvalue weighted by molar-refractivity contribution is 6.31. The highest BCUT2D eigenvalue weighted by atomic mass is 35.5. The van der Waals surface area contributed by atoms with Gasteiger partial charge in [-0.15, -0.1) is 12.4 Å². The summed E-state index contributed by atoms with van der Waals surface area (Å²) in [5.74, 6) is 0.777. The van der Waals surface area contributed by atoms with Crippen molar-refractivity contribution in [2.75, 3.05) is 26.7 Å². The van der Waals surface area contributed by atoms with Gasteiger partial charge in [0.15, 0.2) is 5.82 Å². The van der Waals surface area contributed by atoms with Gasteiger partial charge in [0.1, 0.15) is 0 Å². The molecule has 1 atom stereocenters. The number of hydrogen-bond donors (Lipinski definition) is 1. The third kappa shape index (κ3) is 4.76. The Labute approximate surface area is 159 Å². The molecule has 2 aromatic rings. The third-order valence-corrected chi connectivity index (χ3v) is 4.31. The van der Waals surface area contributed by atoms with Gasteiger partial charge in [-0.05, 0) is 30.8 Å². The molecule has 1 aromatic heterocycles. The lowest BCUT2D eigenvalue weighted by molar-refractivity contribution is -0.137. The van der Waals surface area contributed by atoms with Crippen LogP contribution in [0.1, 0.15) is 28.9 Å². The molecule has 0 bridgehead atoms. The minimum atomic E-state index is -4.50. The van der Waals surface area contributed by atoms with E-state index in [0.717, 1.165) is 19.2 Å². The van der Waals surface area contributed by atoms with Gasteiger partial charge in [-0.25, -0.2) is 0 Å². The highest BCUT2D eigenvalue weighted by Crippen LogP contribution is 2.35. The number of aromatic nitrogens is 2. The van der Waals surface area contributed by atoms with Crippen molar-refractivity contribution in [1.82, 2.24) is 20.4 Å². The highest BCUT2D eigenvalue weighted by Gasteiger charge is 2.33. The van der Waals surface area contributed by atoms with E-state index in [9.17, 15) is 13.2 Å². The molecule has 142 valence electrons. The molecular formula is C16H17Cl2F3N4O. The number of nitrogens with zero attached hydrogens (tertiary/aromatic N) is 3. The first-order valence-electron chi connectivity index (χ1n) is 7.64. The molecule has 1 aliphatic rings. The van der Waals surface area contributed by atoms with Crippen molar-refractivity contribution >= 4 is 36.2 Å². The number of benzene rings is 1. The van der Waals surface area contributed by atoms with Crippen molar-refractivity contribution in [2.24, 2.45) is 0 Å². The van der Waals surface area contributed by atoms with Crippen molar-refractivity contribution < 1.29 is 17.7 Å². The predicted molar refractivity (Wildman–Crippen MR) is 95.2 cm³/mol. The molecule has 0 spiro atoms. The van der Waals surface area contributed by atoms with Gasteiger partial charge in [0, 0.05) is 25.7 Å². The quantitative estimate of drug-likeness (QED) is 0.833. The van der Waals surface area contributed by atoms with Gasteiger partial charge in [-0.2, -0.15) is 18.2 Å². The van der Waals surface area contributed by atoms with Gasteiger partial charge in [0.25, 0.3) is 5.89 Å². The van der Waals surface area contributed by atoms with E-state index in [1.807, 2.05) is 7.05 Å². The second kappa shape index (κ2) is 8.39. The van der Waals surface area contributed by atoms with Crippen LogP contribution in [0.2, 0.25) is 5.02 Å². The summed E-state index contributed by atoms with van der Waals surface area (Å²) in [6, 6.07) is 3.69. The number of nitrogens with one attached hydrogen (secondary N) is 1. The molecule has 0 aliphatic carbocycles. The van der Waals surface area contributed by atoms with E-state index in [-0.39, 0.29) is 29.4 Å². The Bertz CT molecular complexity index is 779. The average Bonchev–Trinajstić information content (AvgIpc) is 3.02. The zero-order valence-corrected chi connectivity index (χ0v) is 15.3. The number of rotatable bonds is 3. The fourth-order valence-corrected chi connectivity index (χ4v) is 2.80. The van der Waals surface area contributed by atoms with Gasteiger partial charge in [-0.3, -0.25) is 4.90 Å². The van der Waals surface area contributed by atoms with Crippen LogP contribution < -0.4 is 5.32 Å². The molecule has 0 amide bonds. The van der Waals surface area contributed by atoms with E-state index in [1.54, 1.807) is 0 Å². The van der Waals surface area contributed by atoms with E-state index in [1.165, 1.54) is 24.3 Å². The monoisotopic (exact) mass is 408 g/mol. The van der Waals surface area contributed by atoms with Crippen LogP contribution >= 0.6 is 24.0 Å². The zero-order chi connectivity index (χ0) is 18.0. The molecular weight excluding hydrogens is 392 g/mol. The van der Waals surface area contributed by atoms with Crippen molar-refractivity contribution in [2.45, 2.75) is 12.2 Å². The predicted octanol–water partition coefficient (Wildman–Crippen LogP) is 3.91. The van der Waals surface area contributed by atoms with E-state index >= 15 is 0 Å². The summed E-state index contributed by atoms with van der Waals surface area (Å²) in [6.07, 6.45) is -1.54. The molecule has 26 heavy (non-hydrogen) atoms. The lowest BCUT2D eigenvalue weighted by atomic mass is 10.1. The second-order valence-corrected chi connectivity index (χ2v) is 6.17. The average molecular weight is 409 g/mol. The van der Waals surface area contributed by atoms with E-state index < -0.39 is 11.7 Å². The lowest BCUT2D eigenvalue weighted by Crippen LogP contribution is -2.44. The zero-order valence-electron chi connectivity index (χ0n) is 13.8. The smallest absolute Gasteiger partial charge is 0.335 e. The summed E-state index contributed by atoms with van der Waals surface area (Å²) in [6.45, 7) is 2.48. The number of likely N-dealkylation sites (N-methyl/N-ethyl adjacent to an activating group) is 1. The van der Waals surface area contributed by atoms with Crippen LogP contribution in [0.4, 0.5) is 13.2 Å². The first-order valence-corrected chi connectivity index (χ1v) is 8.02. The first kappa shape index (κ1) is 20.7. The molecule has 0 radical (unpaired) electrons. The van der Waals surface area contributed by atoms with E-state index in [2.05, 4.69) is 20.4 Å². The third-order valence-electron chi connectivity index (χ3n) is 3.98. The Morgan fingerprint density at radius 3 is 2.81 bits per heavy atom. The Hall–Kier alpha value is -1.61. The molecule has 0 saturated carbocycles. The SMILES string of the molecule is CN1CCNCC1c1noc(/C=C/c2ccc(Cl)c(C(F)(F)F)c2)n1.Cl. The van der Waals surface area contributed by atoms with Crippen molar-refractivity contribution in [3.05, 3.63) is 46.1 Å². The summed E-state index contributed by atoms with van der Waals surface area (Å²) in [7, 11) is 1.98. The molecule has 3 rings (SSSR count). The van der Waals surface area contributed by atoms with Crippen LogP contribution in [0.15, 0.2) is 22.7 Å². The molecule has 5 nitrogen and oxygen atoms in total. The Kier molecular flexibility index (Phi) is 6.68. The summed E-state index contributed by atoms with van der Waals surface area (Å²) >= 11 is 5.61. The van der Waals surface area contributed by atoms with Crippen LogP contribution in [-0.2, 0) is 6.18 Å². The summed E-state index contributed by atoms with van der Waals surface area (Å²) in [4.78, 5) is 6.41. The standard InChI is InChI=1S/C16H16ClF3N4O.ClH/c1-24-7-6-21-9-13(24)15-22-14(25-23-15)5-3-10-2-4-12(17)11(8-10)16(18,19)20;/h2-5,8,13,21H,6-7,9H2,1H3;1H/b5-3+;. The van der Waals surface area contributed by atoms with Crippen molar-refractivity contribution in [3.8, 4) is 0 Å². The maximum absolute atomic E-state index is 12.9. The fourth-order valence-electron chi connectivity index (χ4n) is 2.58. The summed E-state index contributed by atoms with van der Waals surface area (Å²) in [5, 5.41) is 6.87.